The second-order valence-corrected chi connectivity index (χ2v) is 6.26. The van der Waals surface area contributed by atoms with Crippen molar-refractivity contribution in [3.63, 3.8) is 0 Å². The van der Waals surface area contributed by atoms with E-state index in [0.29, 0.717) is 5.56 Å². The molecule has 0 aliphatic carbocycles. The molecule has 128 valence electrons. The zero-order valence-corrected chi connectivity index (χ0v) is 12.9. The average Bonchev–Trinajstić information content (AvgIpc) is 2.58. The summed E-state index contributed by atoms with van der Waals surface area (Å²) in [4.78, 5) is 12.4. The van der Waals surface area contributed by atoms with Gasteiger partial charge in [0.2, 0.25) is 28.4 Å². The molecule has 4 rings (SSSR count). The van der Waals surface area contributed by atoms with Gasteiger partial charge in [0.15, 0.2) is 17.1 Å². The van der Waals surface area contributed by atoms with Crippen LogP contribution >= 0.6 is 0 Å². The Morgan fingerprint density at radius 3 is 2.16 bits per heavy atom. The molecule has 25 heavy (non-hydrogen) atoms. The van der Waals surface area contributed by atoms with Gasteiger partial charge in [0.05, 0.1) is 0 Å². The lowest BCUT2D eigenvalue weighted by Gasteiger charge is -2.19. The van der Waals surface area contributed by atoms with Gasteiger partial charge in [-0.1, -0.05) is 30.3 Å². The van der Waals surface area contributed by atoms with E-state index in [9.17, 15) is 28.5 Å². The van der Waals surface area contributed by atoms with E-state index in [1.54, 1.807) is 18.2 Å². The molecule has 0 saturated heterocycles. The monoisotopic (exact) mass is 364 g/mol. The first-order chi connectivity index (χ1) is 11.8. The fourth-order valence-electron chi connectivity index (χ4n) is 2.50. The van der Waals surface area contributed by atoms with Crippen LogP contribution in [0.5, 0.6) is 28.7 Å². The molecule has 0 spiro atoms. The Morgan fingerprint density at radius 1 is 0.840 bits per heavy atom. The molecule has 0 radical (unpaired) electrons. The highest BCUT2D eigenvalue weighted by atomic mass is 32.3. The zero-order chi connectivity index (χ0) is 17.9. The summed E-state index contributed by atoms with van der Waals surface area (Å²) in [5.41, 5.74) is -1.29. The molecule has 0 unspecified atom stereocenters. The van der Waals surface area contributed by atoms with E-state index in [2.05, 4.69) is 8.37 Å². The number of hydrogen-bond donors (Lipinski definition) is 3. The summed E-state index contributed by atoms with van der Waals surface area (Å²) in [6, 6.07) is 8.00. The molecule has 2 heterocycles. The van der Waals surface area contributed by atoms with Crippen molar-refractivity contribution in [1.82, 2.24) is 0 Å². The van der Waals surface area contributed by atoms with Gasteiger partial charge < -0.3 is 28.1 Å². The molecule has 3 N–H and O–H groups in total. The maximum atomic E-state index is 12.4. The third-order valence-electron chi connectivity index (χ3n) is 3.58. The Labute approximate surface area is 139 Å². The lowest BCUT2D eigenvalue weighted by molar-refractivity contribution is 0.323. The lowest BCUT2D eigenvalue weighted by Crippen LogP contribution is -2.21. The van der Waals surface area contributed by atoms with Crippen LogP contribution in [0.2, 0.25) is 0 Å². The molecular weight excluding hydrogens is 356 g/mol. The van der Waals surface area contributed by atoms with E-state index in [4.69, 9.17) is 4.42 Å². The lowest BCUT2D eigenvalue weighted by atomic mass is 10.1. The minimum Gasteiger partial charge on any atom is -0.504 e. The molecule has 1 aliphatic rings. The molecule has 0 atom stereocenters. The van der Waals surface area contributed by atoms with Crippen LogP contribution in [0.3, 0.4) is 0 Å². The van der Waals surface area contributed by atoms with Gasteiger partial charge in [0.1, 0.15) is 5.39 Å². The number of phenols is 2. The molecule has 0 fully saturated rings. The van der Waals surface area contributed by atoms with Gasteiger partial charge in [-0.05, 0) is 0 Å². The summed E-state index contributed by atoms with van der Waals surface area (Å²) in [6.07, 6.45) is 0. The van der Waals surface area contributed by atoms with E-state index in [1.807, 2.05) is 0 Å². The van der Waals surface area contributed by atoms with Crippen LogP contribution in [0, 0.1) is 0 Å². The van der Waals surface area contributed by atoms with Gasteiger partial charge >= 0.3 is 10.4 Å². The van der Waals surface area contributed by atoms with Gasteiger partial charge in [-0.25, -0.2) is 0 Å². The Kier molecular flexibility index (Phi) is 2.91. The summed E-state index contributed by atoms with van der Waals surface area (Å²) in [6.45, 7) is 0. The predicted octanol–water partition coefficient (Wildman–Crippen LogP) is 1.59. The standard InChI is InChI=1S/C15H8O9S/c16-8-7-9(17)14-11(19)15(24-25(20,21)23-14)13(7)22-12(10(8)18)6-4-2-1-3-5-6/h1-5,17-19H. The smallest absolute Gasteiger partial charge is 0.501 e. The number of aromatic hydroxyl groups is 3. The normalized spacial score (nSPS) is 14.7. The number of hydrogen-bond acceptors (Lipinski definition) is 9. The van der Waals surface area contributed by atoms with Gasteiger partial charge in [-0.3, -0.25) is 4.79 Å². The molecule has 2 bridgehead atoms. The van der Waals surface area contributed by atoms with Crippen LogP contribution < -0.4 is 13.8 Å². The minimum atomic E-state index is -4.61. The van der Waals surface area contributed by atoms with Crippen molar-refractivity contribution >= 4 is 21.4 Å². The average molecular weight is 364 g/mol. The summed E-state index contributed by atoms with van der Waals surface area (Å²) in [5, 5.41) is 29.6. The van der Waals surface area contributed by atoms with E-state index in [-0.39, 0.29) is 5.76 Å². The topological polar surface area (TPSA) is 144 Å². The van der Waals surface area contributed by atoms with Crippen molar-refractivity contribution in [3.05, 3.63) is 40.6 Å². The quantitative estimate of drug-likeness (QED) is 0.586. The second-order valence-electron chi connectivity index (χ2n) is 5.11. The van der Waals surface area contributed by atoms with Crippen LogP contribution in [0.4, 0.5) is 0 Å². The molecule has 1 aliphatic heterocycles. The highest BCUT2D eigenvalue weighted by molar-refractivity contribution is 7.82. The van der Waals surface area contributed by atoms with Crippen LogP contribution in [0.1, 0.15) is 0 Å². The van der Waals surface area contributed by atoms with Crippen molar-refractivity contribution in [3.8, 4) is 40.1 Å². The molecule has 3 aromatic rings. The van der Waals surface area contributed by atoms with Crippen LogP contribution in [-0.2, 0) is 10.4 Å². The van der Waals surface area contributed by atoms with Crippen molar-refractivity contribution in [1.29, 1.82) is 0 Å². The molecule has 0 amide bonds. The number of phenolic OH excluding ortho intramolecular Hbond substituents is 2. The Bertz CT molecular complexity index is 1190. The highest BCUT2D eigenvalue weighted by Gasteiger charge is 2.37. The molecule has 0 saturated carbocycles. The number of rotatable bonds is 1. The third-order valence-corrected chi connectivity index (χ3v) is 4.33. The van der Waals surface area contributed by atoms with Crippen molar-refractivity contribution in [2.24, 2.45) is 0 Å². The minimum absolute atomic E-state index is 0.284. The summed E-state index contributed by atoms with van der Waals surface area (Å²) < 4.78 is 37.4. The van der Waals surface area contributed by atoms with Crippen molar-refractivity contribution < 1.29 is 36.5 Å². The fraction of sp³-hybridized carbons (Fsp3) is 0. The highest BCUT2D eigenvalue weighted by Crippen LogP contribution is 2.53. The maximum absolute atomic E-state index is 12.4. The van der Waals surface area contributed by atoms with E-state index >= 15 is 0 Å². The summed E-state index contributed by atoms with van der Waals surface area (Å²) in [5.74, 6) is -4.54. The molecule has 9 nitrogen and oxygen atoms in total. The Balaban J connectivity index is 2.18. The van der Waals surface area contributed by atoms with Crippen LogP contribution in [0.15, 0.2) is 39.5 Å². The summed E-state index contributed by atoms with van der Waals surface area (Å²) in [7, 11) is -4.61. The van der Waals surface area contributed by atoms with Crippen molar-refractivity contribution in [2.75, 3.05) is 0 Å². The predicted molar refractivity (Wildman–Crippen MR) is 83.1 cm³/mol. The Morgan fingerprint density at radius 2 is 1.48 bits per heavy atom. The van der Waals surface area contributed by atoms with Gasteiger partial charge in [0.25, 0.3) is 0 Å². The first-order valence-corrected chi connectivity index (χ1v) is 8.10. The number of benzene rings is 2. The number of fused-ring (bicyclic) bond motifs is 4. The first kappa shape index (κ1) is 15.1. The molecule has 2 aromatic carbocycles. The Hall–Kier alpha value is -3.40. The fourth-order valence-corrected chi connectivity index (χ4v) is 3.25. The van der Waals surface area contributed by atoms with E-state index in [0.717, 1.165) is 0 Å². The second kappa shape index (κ2) is 4.80. The molecular formula is C15H8O9S. The zero-order valence-electron chi connectivity index (χ0n) is 12.1. The molecule has 1 aromatic heterocycles. The first-order valence-electron chi connectivity index (χ1n) is 6.77. The van der Waals surface area contributed by atoms with E-state index < -0.39 is 55.5 Å². The van der Waals surface area contributed by atoms with Gasteiger partial charge in [0, 0.05) is 5.56 Å². The van der Waals surface area contributed by atoms with E-state index in [1.165, 1.54) is 12.1 Å². The van der Waals surface area contributed by atoms with Crippen molar-refractivity contribution in [2.45, 2.75) is 0 Å². The van der Waals surface area contributed by atoms with Crippen LogP contribution in [-0.4, -0.2) is 23.7 Å². The largest absolute Gasteiger partial charge is 0.504 e. The van der Waals surface area contributed by atoms with Gasteiger partial charge in [-0.2, -0.15) is 0 Å². The van der Waals surface area contributed by atoms with Gasteiger partial charge in [-0.15, -0.1) is 8.42 Å². The molecule has 10 heteroatoms. The van der Waals surface area contributed by atoms with Crippen LogP contribution in [0.25, 0.3) is 22.3 Å². The third kappa shape index (κ3) is 2.08. The SMILES string of the molecule is O=c1c(O)c(-c2ccccc2)oc2c3c(O)c(c(O)c12)OS(=O)(=O)O3. The summed E-state index contributed by atoms with van der Waals surface area (Å²) >= 11 is 0. The maximum Gasteiger partial charge on any atom is 0.501 e.